The summed E-state index contributed by atoms with van der Waals surface area (Å²) in [5.41, 5.74) is 4.62. The van der Waals surface area contributed by atoms with Gasteiger partial charge in [0.1, 0.15) is 6.33 Å². The molecule has 4 heterocycles. The number of piperidine rings is 1. The second-order valence-electron chi connectivity index (χ2n) is 7.27. The van der Waals surface area contributed by atoms with E-state index in [-0.39, 0.29) is 17.4 Å². The van der Waals surface area contributed by atoms with E-state index >= 15 is 0 Å². The van der Waals surface area contributed by atoms with Crippen LogP contribution in [0, 0.1) is 19.8 Å². The molecule has 0 unspecified atom stereocenters. The van der Waals surface area contributed by atoms with Gasteiger partial charge in [-0.3, -0.25) is 9.59 Å². The van der Waals surface area contributed by atoms with Gasteiger partial charge in [0.05, 0.1) is 5.69 Å². The molecule has 1 saturated heterocycles. The predicted molar refractivity (Wildman–Crippen MR) is 94.3 cm³/mol. The quantitative estimate of drug-likeness (QED) is 0.796. The molecule has 0 N–H and O–H groups in total. The van der Waals surface area contributed by atoms with E-state index in [1.807, 2.05) is 23.3 Å². The van der Waals surface area contributed by atoms with Crippen molar-refractivity contribution in [1.82, 2.24) is 19.4 Å². The molecule has 130 valence electrons. The number of hydrogen-bond donors (Lipinski definition) is 0. The SMILES string of the molecule is CC(=O)N1C[C@@H]2C[C@H](C1)c1cc(-c3ncnc(C)c3C)cc(=O)n1C2. The summed E-state index contributed by atoms with van der Waals surface area (Å²) in [7, 11) is 0. The van der Waals surface area contributed by atoms with Crippen LogP contribution < -0.4 is 5.56 Å². The number of carbonyl (C=O) groups is 1. The van der Waals surface area contributed by atoms with Gasteiger partial charge >= 0.3 is 0 Å². The molecule has 25 heavy (non-hydrogen) atoms. The lowest BCUT2D eigenvalue weighted by Crippen LogP contribution is -2.48. The third-order valence-corrected chi connectivity index (χ3v) is 5.61. The highest BCUT2D eigenvalue weighted by atomic mass is 16.2. The Balaban J connectivity index is 1.82. The summed E-state index contributed by atoms with van der Waals surface area (Å²) in [5, 5.41) is 0. The molecule has 0 aromatic carbocycles. The summed E-state index contributed by atoms with van der Waals surface area (Å²) in [6.07, 6.45) is 2.58. The number of nitrogens with zero attached hydrogens (tertiary/aromatic N) is 4. The fourth-order valence-electron chi connectivity index (χ4n) is 4.18. The summed E-state index contributed by atoms with van der Waals surface area (Å²) in [6.45, 7) is 7.69. The first kappa shape index (κ1) is 16.0. The van der Waals surface area contributed by atoms with Crippen LogP contribution in [0.15, 0.2) is 23.3 Å². The molecule has 4 rings (SSSR count). The number of aryl methyl sites for hydroxylation is 1. The average molecular weight is 338 g/mol. The molecular weight excluding hydrogens is 316 g/mol. The Morgan fingerprint density at radius 3 is 2.72 bits per heavy atom. The van der Waals surface area contributed by atoms with E-state index in [0.717, 1.165) is 41.2 Å². The zero-order valence-corrected chi connectivity index (χ0v) is 14.8. The van der Waals surface area contributed by atoms with Gasteiger partial charge in [-0.1, -0.05) is 0 Å². The van der Waals surface area contributed by atoms with Gasteiger partial charge in [-0.2, -0.15) is 0 Å². The van der Waals surface area contributed by atoms with Gasteiger partial charge in [0.2, 0.25) is 5.91 Å². The maximum atomic E-state index is 12.7. The second kappa shape index (κ2) is 5.79. The van der Waals surface area contributed by atoms with Crippen molar-refractivity contribution in [3.05, 3.63) is 45.8 Å². The molecule has 2 atom stereocenters. The lowest BCUT2D eigenvalue weighted by Gasteiger charge is -2.42. The minimum atomic E-state index is 0.0224. The van der Waals surface area contributed by atoms with Crippen molar-refractivity contribution < 1.29 is 4.79 Å². The van der Waals surface area contributed by atoms with E-state index in [9.17, 15) is 9.59 Å². The third kappa shape index (κ3) is 2.65. The van der Waals surface area contributed by atoms with Gasteiger partial charge in [0, 0.05) is 55.5 Å². The van der Waals surface area contributed by atoms with Crippen LogP contribution in [0.1, 0.15) is 36.2 Å². The van der Waals surface area contributed by atoms with Crippen LogP contribution in [-0.4, -0.2) is 38.4 Å². The maximum absolute atomic E-state index is 12.7. The lowest BCUT2D eigenvalue weighted by molar-refractivity contribution is -0.131. The van der Waals surface area contributed by atoms with E-state index in [2.05, 4.69) is 16.0 Å². The van der Waals surface area contributed by atoms with Gasteiger partial charge in [-0.05, 0) is 37.8 Å². The average Bonchev–Trinajstić information content (AvgIpc) is 2.58. The van der Waals surface area contributed by atoms with Crippen LogP contribution in [0.25, 0.3) is 11.3 Å². The van der Waals surface area contributed by atoms with Gasteiger partial charge in [-0.15, -0.1) is 0 Å². The molecule has 2 aromatic rings. The van der Waals surface area contributed by atoms with Crippen molar-refractivity contribution in [3.63, 3.8) is 0 Å². The number of pyridine rings is 1. The number of hydrogen-bond acceptors (Lipinski definition) is 4. The Hall–Kier alpha value is -2.50. The van der Waals surface area contributed by atoms with Gasteiger partial charge in [0.25, 0.3) is 5.56 Å². The second-order valence-corrected chi connectivity index (χ2v) is 7.27. The van der Waals surface area contributed by atoms with Crippen LogP contribution in [-0.2, 0) is 11.3 Å². The van der Waals surface area contributed by atoms with E-state index in [4.69, 9.17) is 0 Å². The van der Waals surface area contributed by atoms with Crippen molar-refractivity contribution in [2.45, 2.75) is 39.7 Å². The first-order chi connectivity index (χ1) is 11.9. The normalized spacial score (nSPS) is 21.8. The molecule has 0 saturated carbocycles. The Labute approximate surface area is 146 Å². The predicted octanol–water partition coefficient (Wildman–Crippen LogP) is 1.89. The van der Waals surface area contributed by atoms with Crippen LogP contribution in [0.5, 0.6) is 0 Å². The highest BCUT2D eigenvalue weighted by molar-refractivity contribution is 5.73. The number of carbonyl (C=O) groups excluding carboxylic acids is 1. The summed E-state index contributed by atoms with van der Waals surface area (Å²) in [5.74, 6) is 0.693. The van der Waals surface area contributed by atoms with Crippen LogP contribution in [0.3, 0.4) is 0 Å². The Bertz CT molecular complexity index is 918. The standard InChI is InChI=1S/C19H22N4O2/c1-11-12(2)20-10-21-19(11)15-5-17-16-4-14(7-22(9-16)13(3)24)8-23(17)18(25)6-15/h5-6,10,14,16H,4,7-9H2,1-3H3/t14-,16+/m0/s1. The highest BCUT2D eigenvalue weighted by Crippen LogP contribution is 2.36. The molecule has 0 spiro atoms. The van der Waals surface area contributed by atoms with E-state index in [1.165, 1.54) is 0 Å². The molecule has 6 heteroatoms. The first-order valence-corrected chi connectivity index (χ1v) is 8.73. The molecule has 1 amide bonds. The van der Waals surface area contributed by atoms with Gasteiger partial charge in [-0.25, -0.2) is 9.97 Å². The largest absolute Gasteiger partial charge is 0.342 e. The first-order valence-electron chi connectivity index (χ1n) is 8.73. The number of amides is 1. The molecule has 2 bridgehead atoms. The van der Waals surface area contributed by atoms with Gasteiger partial charge < -0.3 is 9.47 Å². The maximum Gasteiger partial charge on any atom is 0.251 e. The summed E-state index contributed by atoms with van der Waals surface area (Å²) >= 11 is 0. The zero-order chi connectivity index (χ0) is 17.7. The van der Waals surface area contributed by atoms with E-state index < -0.39 is 0 Å². The number of aromatic nitrogens is 3. The third-order valence-electron chi connectivity index (χ3n) is 5.61. The van der Waals surface area contributed by atoms with Crippen molar-refractivity contribution in [2.75, 3.05) is 13.1 Å². The van der Waals surface area contributed by atoms with Crippen LogP contribution >= 0.6 is 0 Å². The summed E-state index contributed by atoms with van der Waals surface area (Å²) in [4.78, 5) is 35.1. The highest BCUT2D eigenvalue weighted by Gasteiger charge is 2.35. The number of likely N-dealkylation sites (tertiary alicyclic amines) is 1. The molecule has 0 radical (unpaired) electrons. The Morgan fingerprint density at radius 2 is 1.96 bits per heavy atom. The summed E-state index contributed by atoms with van der Waals surface area (Å²) in [6, 6.07) is 3.77. The topological polar surface area (TPSA) is 68.1 Å². The molecule has 2 aromatic heterocycles. The molecule has 6 nitrogen and oxygen atoms in total. The Morgan fingerprint density at radius 1 is 1.16 bits per heavy atom. The zero-order valence-electron chi connectivity index (χ0n) is 14.8. The molecule has 2 aliphatic heterocycles. The van der Waals surface area contributed by atoms with E-state index in [1.54, 1.807) is 19.3 Å². The van der Waals surface area contributed by atoms with Crippen molar-refractivity contribution >= 4 is 5.91 Å². The van der Waals surface area contributed by atoms with E-state index in [0.29, 0.717) is 19.0 Å². The monoisotopic (exact) mass is 338 g/mol. The molecule has 2 aliphatic rings. The molecule has 1 fully saturated rings. The van der Waals surface area contributed by atoms with Crippen molar-refractivity contribution in [2.24, 2.45) is 5.92 Å². The van der Waals surface area contributed by atoms with Crippen molar-refractivity contribution in [1.29, 1.82) is 0 Å². The van der Waals surface area contributed by atoms with Gasteiger partial charge in [0.15, 0.2) is 0 Å². The minimum Gasteiger partial charge on any atom is -0.342 e. The minimum absolute atomic E-state index is 0.0224. The molecule has 0 aliphatic carbocycles. The fraction of sp³-hybridized carbons (Fsp3) is 0.474. The molecular formula is C19H22N4O2. The number of fused-ring (bicyclic) bond motifs is 4. The van der Waals surface area contributed by atoms with Crippen molar-refractivity contribution in [3.8, 4) is 11.3 Å². The lowest BCUT2D eigenvalue weighted by atomic mass is 9.82. The van der Waals surface area contributed by atoms with Crippen LogP contribution in [0.2, 0.25) is 0 Å². The Kier molecular flexibility index (Phi) is 3.71. The fourth-order valence-corrected chi connectivity index (χ4v) is 4.18. The summed E-state index contributed by atoms with van der Waals surface area (Å²) < 4.78 is 1.89. The number of rotatable bonds is 1. The smallest absolute Gasteiger partial charge is 0.251 e. The van der Waals surface area contributed by atoms with Crippen LogP contribution in [0.4, 0.5) is 0 Å².